The van der Waals surface area contributed by atoms with Crippen molar-refractivity contribution in [3.8, 4) is 0 Å². The van der Waals surface area contributed by atoms with Gasteiger partial charge >= 0.3 is 0 Å². The second kappa shape index (κ2) is 5.73. The van der Waals surface area contributed by atoms with Crippen LogP contribution in [0.25, 0.3) is 0 Å². The fourth-order valence-corrected chi connectivity index (χ4v) is 4.42. The summed E-state index contributed by atoms with van der Waals surface area (Å²) in [7, 11) is -2.34. The summed E-state index contributed by atoms with van der Waals surface area (Å²) in [6, 6.07) is 0.470. The number of aryl methyl sites for hydroxylation is 1. The second-order valence-electron chi connectivity index (χ2n) is 5.63. The Labute approximate surface area is 129 Å². The van der Waals surface area contributed by atoms with Gasteiger partial charge in [-0.25, -0.2) is 8.42 Å². The van der Waals surface area contributed by atoms with Crippen LogP contribution in [-0.2, 0) is 21.9 Å². The minimum absolute atomic E-state index is 0.0378. The Morgan fingerprint density at radius 1 is 1.45 bits per heavy atom. The summed E-state index contributed by atoms with van der Waals surface area (Å²) in [5, 5.41) is 2.68. The lowest BCUT2D eigenvalue weighted by atomic mass is 10.0. The van der Waals surface area contributed by atoms with Gasteiger partial charge in [-0.2, -0.15) is 4.31 Å². The van der Waals surface area contributed by atoms with E-state index in [9.17, 15) is 18.0 Å². The molecule has 2 amide bonds. The zero-order valence-corrected chi connectivity index (χ0v) is 13.6. The van der Waals surface area contributed by atoms with Gasteiger partial charge in [0.25, 0.3) is 5.91 Å². The lowest BCUT2D eigenvalue weighted by Gasteiger charge is -2.35. The van der Waals surface area contributed by atoms with Crippen LogP contribution < -0.4 is 11.1 Å². The molecule has 122 valence electrons. The van der Waals surface area contributed by atoms with E-state index >= 15 is 0 Å². The van der Waals surface area contributed by atoms with Gasteiger partial charge in [-0.15, -0.1) is 0 Å². The molecule has 8 nitrogen and oxygen atoms in total. The number of nitrogens with one attached hydrogen (secondary N) is 1. The Morgan fingerprint density at radius 2 is 2.09 bits per heavy atom. The van der Waals surface area contributed by atoms with Crippen LogP contribution in [0.1, 0.15) is 24.3 Å². The Morgan fingerprint density at radius 3 is 2.59 bits per heavy atom. The molecule has 2 rings (SSSR count). The highest BCUT2D eigenvalue weighted by atomic mass is 32.2. The van der Waals surface area contributed by atoms with Crippen molar-refractivity contribution >= 4 is 21.8 Å². The summed E-state index contributed by atoms with van der Waals surface area (Å²) in [6.07, 6.45) is 1.33. The van der Waals surface area contributed by atoms with E-state index in [2.05, 4.69) is 5.32 Å². The number of carbonyl (C=O) groups excluding carboxylic acids is 2. The molecule has 22 heavy (non-hydrogen) atoms. The standard InChI is InChI=1S/C13H20N4O4S/c1-8(2)11-13(19)15-4-5-17(11)22(20,21)9-6-10(12(14)18)16(3)7-9/h6-8,11H,4-5H2,1-3H3,(H2,14,18)(H,15,19). The number of hydrogen-bond donors (Lipinski definition) is 2. The van der Waals surface area contributed by atoms with Gasteiger partial charge in [-0.05, 0) is 12.0 Å². The van der Waals surface area contributed by atoms with Crippen LogP contribution in [0, 0.1) is 5.92 Å². The first kappa shape index (κ1) is 16.5. The highest BCUT2D eigenvalue weighted by molar-refractivity contribution is 7.89. The summed E-state index contributed by atoms with van der Waals surface area (Å²) >= 11 is 0. The average molecular weight is 328 g/mol. The predicted molar refractivity (Wildman–Crippen MR) is 79.5 cm³/mol. The molecule has 3 N–H and O–H groups in total. The van der Waals surface area contributed by atoms with Gasteiger partial charge in [0.2, 0.25) is 15.9 Å². The van der Waals surface area contributed by atoms with Gasteiger partial charge in [0, 0.05) is 26.3 Å². The van der Waals surface area contributed by atoms with Crippen molar-refractivity contribution in [1.82, 2.24) is 14.2 Å². The van der Waals surface area contributed by atoms with Gasteiger partial charge in [0.15, 0.2) is 0 Å². The highest BCUT2D eigenvalue weighted by Crippen LogP contribution is 2.24. The Hall–Kier alpha value is -1.87. The van der Waals surface area contributed by atoms with Crippen LogP contribution in [0.3, 0.4) is 0 Å². The molecule has 0 bridgehead atoms. The van der Waals surface area contributed by atoms with Crippen molar-refractivity contribution in [3.63, 3.8) is 0 Å². The maximum atomic E-state index is 12.8. The first-order valence-corrected chi connectivity index (χ1v) is 8.36. The van der Waals surface area contributed by atoms with Gasteiger partial charge in [0.1, 0.15) is 16.6 Å². The minimum Gasteiger partial charge on any atom is -0.364 e. The number of sulfonamides is 1. The zero-order valence-electron chi connectivity index (χ0n) is 12.7. The van der Waals surface area contributed by atoms with E-state index < -0.39 is 22.0 Å². The zero-order chi connectivity index (χ0) is 16.7. The van der Waals surface area contributed by atoms with Crippen molar-refractivity contribution in [2.75, 3.05) is 13.1 Å². The lowest BCUT2D eigenvalue weighted by Crippen LogP contribution is -2.58. The molecule has 0 radical (unpaired) electrons. The van der Waals surface area contributed by atoms with Gasteiger partial charge in [-0.3, -0.25) is 9.59 Å². The van der Waals surface area contributed by atoms with Crippen LogP contribution in [0.5, 0.6) is 0 Å². The molecular weight excluding hydrogens is 308 g/mol. The number of piperazine rings is 1. The maximum absolute atomic E-state index is 12.8. The maximum Gasteiger partial charge on any atom is 0.265 e. The molecule has 0 spiro atoms. The molecule has 1 atom stereocenters. The topological polar surface area (TPSA) is 114 Å². The molecular formula is C13H20N4O4S. The Kier molecular flexibility index (Phi) is 4.30. The van der Waals surface area contributed by atoms with Crippen molar-refractivity contribution < 1.29 is 18.0 Å². The summed E-state index contributed by atoms with van der Waals surface area (Å²) in [5.41, 5.74) is 5.31. The highest BCUT2D eigenvalue weighted by Gasteiger charge is 2.40. The van der Waals surface area contributed by atoms with E-state index in [1.807, 2.05) is 0 Å². The van der Waals surface area contributed by atoms with Crippen LogP contribution in [0.15, 0.2) is 17.2 Å². The quantitative estimate of drug-likeness (QED) is 0.758. The number of nitrogens with two attached hydrogens (primary N) is 1. The van der Waals surface area contributed by atoms with E-state index in [-0.39, 0.29) is 35.5 Å². The predicted octanol–water partition coefficient (Wildman–Crippen LogP) is -0.731. The molecule has 1 aromatic heterocycles. The summed E-state index contributed by atoms with van der Waals surface area (Å²) in [6.45, 7) is 4.03. The lowest BCUT2D eigenvalue weighted by molar-refractivity contribution is -0.128. The second-order valence-corrected chi connectivity index (χ2v) is 7.52. The third-order valence-electron chi connectivity index (χ3n) is 3.68. The molecule has 1 aliphatic rings. The fourth-order valence-electron chi connectivity index (χ4n) is 2.62. The average Bonchev–Trinajstić information content (AvgIpc) is 2.81. The molecule has 0 saturated carbocycles. The summed E-state index contributed by atoms with van der Waals surface area (Å²) in [5.74, 6) is -1.19. The largest absolute Gasteiger partial charge is 0.364 e. The number of primary amides is 1. The normalized spacial score (nSPS) is 20.2. The summed E-state index contributed by atoms with van der Waals surface area (Å²) < 4.78 is 28.2. The van der Waals surface area contributed by atoms with Crippen molar-refractivity contribution in [1.29, 1.82) is 0 Å². The van der Waals surface area contributed by atoms with E-state index in [1.165, 1.54) is 21.1 Å². The number of nitrogens with zero attached hydrogens (tertiary/aromatic N) is 2. The first-order chi connectivity index (χ1) is 10.2. The molecule has 1 aliphatic heterocycles. The Balaban J connectivity index is 2.46. The van der Waals surface area contributed by atoms with Crippen LogP contribution in [0.4, 0.5) is 0 Å². The monoisotopic (exact) mass is 328 g/mol. The number of aromatic nitrogens is 1. The van der Waals surface area contributed by atoms with E-state index in [4.69, 9.17) is 5.73 Å². The summed E-state index contributed by atoms with van der Waals surface area (Å²) in [4.78, 5) is 23.3. The van der Waals surface area contributed by atoms with Crippen LogP contribution >= 0.6 is 0 Å². The van der Waals surface area contributed by atoms with Gasteiger partial charge in [0.05, 0.1) is 0 Å². The molecule has 0 aliphatic carbocycles. The third kappa shape index (κ3) is 2.73. The SMILES string of the molecule is CC(C)C1C(=O)NCCN1S(=O)(=O)c1cc(C(N)=O)n(C)c1. The molecule has 2 heterocycles. The van der Waals surface area contributed by atoms with Crippen LogP contribution in [0.2, 0.25) is 0 Å². The third-order valence-corrected chi connectivity index (χ3v) is 5.53. The van der Waals surface area contributed by atoms with E-state index in [0.717, 1.165) is 0 Å². The van der Waals surface area contributed by atoms with E-state index in [0.29, 0.717) is 0 Å². The molecule has 1 fully saturated rings. The molecule has 1 unspecified atom stereocenters. The van der Waals surface area contributed by atoms with Crippen molar-refractivity contribution in [3.05, 3.63) is 18.0 Å². The van der Waals surface area contributed by atoms with E-state index in [1.54, 1.807) is 20.9 Å². The van der Waals surface area contributed by atoms with Gasteiger partial charge < -0.3 is 15.6 Å². The smallest absolute Gasteiger partial charge is 0.265 e. The van der Waals surface area contributed by atoms with Crippen LogP contribution in [-0.4, -0.2) is 48.2 Å². The molecule has 9 heteroatoms. The number of amides is 2. The minimum atomic E-state index is -3.88. The van der Waals surface area contributed by atoms with Gasteiger partial charge in [-0.1, -0.05) is 13.8 Å². The van der Waals surface area contributed by atoms with Crippen molar-refractivity contribution in [2.24, 2.45) is 18.7 Å². The number of rotatable bonds is 4. The number of carbonyl (C=O) groups is 2. The Bertz CT molecular complexity index is 708. The number of hydrogen-bond acceptors (Lipinski definition) is 4. The fraction of sp³-hybridized carbons (Fsp3) is 0.538. The molecule has 1 saturated heterocycles. The first-order valence-electron chi connectivity index (χ1n) is 6.92. The molecule has 1 aromatic rings. The molecule has 0 aromatic carbocycles. The van der Waals surface area contributed by atoms with Crippen molar-refractivity contribution in [2.45, 2.75) is 24.8 Å².